The van der Waals surface area contributed by atoms with E-state index in [-0.39, 0.29) is 18.2 Å². The van der Waals surface area contributed by atoms with Gasteiger partial charge in [-0.1, -0.05) is 25.0 Å². The average molecular weight is 383 g/mol. The lowest BCUT2D eigenvalue weighted by atomic mass is 10.0. The van der Waals surface area contributed by atoms with Crippen LogP contribution in [-0.2, 0) is 14.9 Å². The van der Waals surface area contributed by atoms with E-state index in [4.69, 9.17) is 9.47 Å². The largest absolute Gasteiger partial charge is 0.497 e. The summed E-state index contributed by atoms with van der Waals surface area (Å²) in [6, 6.07) is 7.67. The van der Waals surface area contributed by atoms with Gasteiger partial charge in [-0.15, -0.1) is 0 Å². The molecule has 0 bridgehead atoms. The summed E-state index contributed by atoms with van der Waals surface area (Å²) in [6.45, 7) is 5.26. The van der Waals surface area contributed by atoms with Crippen LogP contribution in [0.3, 0.4) is 0 Å². The van der Waals surface area contributed by atoms with Gasteiger partial charge in [-0.05, 0) is 44.4 Å². The molecule has 26 heavy (non-hydrogen) atoms. The number of hydrogen-bond donors (Lipinski definition) is 0. The Hall–Kier alpha value is -1.15. The minimum atomic E-state index is -3.53. The molecule has 1 aromatic carbocycles. The molecular weight excluding hydrogens is 352 g/mol. The number of methoxy groups -OCH3 is 1. The van der Waals surface area contributed by atoms with Gasteiger partial charge in [-0.3, -0.25) is 0 Å². The number of morpholine rings is 1. The van der Waals surface area contributed by atoms with E-state index >= 15 is 0 Å². The lowest BCUT2D eigenvalue weighted by Crippen LogP contribution is -2.53. The topological polar surface area (TPSA) is 59.1 Å². The standard InChI is InChI=1S/C19H30N2O4S/c1-15-13-20(14-16(2)25-15)26(22,23)21-12-6-4-5-7-19(21)17-8-10-18(24-3)11-9-17/h8-11,15-16,19H,4-7,12-14H2,1-3H3/t15-,16+,19-/m1/s1. The van der Waals surface area contributed by atoms with E-state index in [0.717, 1.165) is 37.0 Å². The lowest BCUT2D eigenvalue weighted by molar-refractivity contribution is -0.0457. The molecule has 0 N–H and O–H groups in total. The van der Waals surface area contributed by atoms with Gasteiger partial charge in [-0.25, -0.2) is 0 Å². The van der Waals surface area contributed by atoms with E-state index in [1.54, 1.807) is 15.7 Å². The zero-order valence-electron chi connectivity index (χ0n) is 15.9. The summed E-state index contributed by atoms with van der Waals surface area (Å²) in [7, 11) is -1.89. The van der Waals surface area contributed by atoms with Gasteiger partial charge in [0.25, 0.3) is 10.2 Å². The second kappa shape index (κ2) is 8.25. The maximum absolute atomic E-state index is 13.5. The van der Waals surface area contributed by atoms with E-state index in [9.17, 15) is 8.42 Å². The third kappa shape index (κ3) is 4.22. The molecule has 0 spiro atoms. The highest BCUT2D eigenvalue weighted by Gasteiger charge is 2.39. The highest BCUT2D eigenvalue weighted by Crippen LogP contribution is 2.34. The molecule has 2 fully saturated rings. The average Bonchev–Trinajstić information content (AvgIpc) is 2.87. The summed E-state index contributed by atoms with van der Waals surface area (Å²) >= 11 is 0. The van der Waals surface area contributed by atoms with E-state index in [1.165, 1.54) is 0 Å². The number of rotatable bonds is 4. The molecule has 0 aliphatic carbocycles. The van der Waals surface area contributed by atoms with Gasteiger partial charge in [0.15, 0.2) is 0 Å². The van der Waals surface area contributed by atoms with Gasteiger partial charge >= 0.3 is 0 Å². The molecular formula is C19H30N2O4S. The van der Waals surface area contributed by atoms with Crippen molar-refractivity contribution in [3.63, 3.8) is 0 Å². The minimum Gasteiger partial charge on any atom is -0.497 e. The molecule has 2 heterocycles. The summed E-state index contributed by atoms with van der Waals surface area (Å²) in [5.41, 5.74) is 1.03. The Balaban J connectivity index is 1.89. The molecule has 2 aliphatic heterocycles. The van der Waals surface area contributed by atoms with Crippen LogP contribution in [0.4, 0.5) is 0 Å². The van der Waals surface area contributed by atoms with Crippen molar-refractivity contribution in [1.82, 2.24) is 8.61 Å². The SMILES string of the molecule is COc1ccc([C@H]2CCCCCN2S(=O)(=O)N2C[C@@H](C)O[C@@H](C)C2)cc1. The predicted octanol–water partition coefficient (Wildman–Crippen LogP) is 2.97. The maximum atomic E-state index is 13.5. The van der Waals surface area contributed by atoms with Gasteiger partial charge in [-0.2, -0.15) is 17.0 Å². The monoisotopic (exact) mass is 382 g/mol. The molecule has 0 amide bonds. The van der Waals surface area contributed by atoms with E-state index < -0.39 is 10.2 Å². The van der Waals surface area contributed by atoms with Crippen molar-refractivity contribution in [2.24, 2.45) is 0 Å². The van der Waals surface area contributed by atoms with Crippen molar-refractivity contribution in [3.05, 3.63) is 29.8 Å². The molecule has 2 aliphatic rings. The van der Waals surface area contributed by atoms with Gasteiger partial charge < -0.3 is 9.47 Å². The van der Waals surface area contributed by atoms with Crippen LogP contribution in [0.1, 0.15) is 51.1 Å². The fourth-order valence-electron chi connectivity index (χ4n) is 3.98. The van der Waals surface area contributed by atoms with Crippen molar-refractivity contribution in [1.29, 1.82) is 0 Å². The van der Waals surface area contributed by atoms with Crippen LogP contribution >= 0.6 is 0 Å². The molecule has 7 heteroatoms. The van der Waals surface area contributed by atoms with E-state index in [2.05, 4.69) is 0 Å². The third-order valence-corrected chi connectivity index (χ3v) is 7.19. The minimum absolute atomic E-state index is 0.0834. The van der Waals surface area contributed by atoms with Crippen LogP contribution < -0.4 is 4.74 Å². The predicted molar refractivity (Wildman–Crippen MR) is 101 cm³/mol. The zero-order chi connectivity index (χ0) is 18.7. The summed E-state index contributed by atoms with van der Waals surface area (Å²) in [4.78, 5) is 0. The third-order valence-electron chi connectivity index (χ3n) is 5.21. The normalized spacial score (nSPS) is 29.3. The first kappa shape index (κ1) is 19.6. The molecule has 3 rings (SSSR count). The van der Waals surface area contributed by atoms with Crippen molar-refractivity contribution in [2.45, 2.75) is 57.8 Å². The van der Waals surface area contributed by atoms with Crippen LogP contribution in [0.25, 0.3) is 0 Å². The van der Waals surface area contributed by atoms with Crippen LogP contribution in [0.2, 0.25) is 0 Å². The van der Waals surface area contributed by atoms with Crippen molar-refractivity contribution < 1.29 is 17.9 Å². The molecule has 146 valence electrons. The van der Waals surface area contributed by atoms with Crippen LogP contribution in [0.5, 0.6) is 5.75 Å². The maximum Gasteiger partial charge on any atom is 0.282 e. The summed E-state index contributed by atoms with van der Waals surface area (Å²) in [5, 5.41) is 0. The Labute approximate surface area is 157 Å². The number of hydrogen-bond acceptors (Lipinski definition) is 4. The second-order valence-corrected chi connectivity index (χ2v) is 9.21. The van der Waals surface area contributed by atoms with E-state index in [0.29, 0.717) is 19.6 Å². The van der Waals surface area contributed by atoms with Crippen molar-refractivity contribution in [3.8, 4) is 5.75 Å². The fourth-order valence-corrected chi connectivity index (χ4v) is 5.99. The van der Waals surface area contributed by atoms with Crippen LogP contribution in [0, 0.1) is 0 Å². The van der Waals surface area contributed by atoms with Crippen molar-refractivity contribution >= 4 is 10.2 Å². The quantitative estimate of drug-likeness (QED) is 0.803. The number of nitrogens with zero attached hydrogens (tertiary/aromatic N) is 2. The zero-order valence-corrected chi connectivity index (χ0v) is 16.7. The van der Waals surface area contributed by atoms with Gasteiger partial charge in [0.2, 0.25) is 0 Å². The Morgan fingerprint density at radius 1 is 1.04 bits per heavy atom. The Morgan fingerprint density at radius 3 is 2.31 bits per heavy atom. The van der Waals surface area contributed by atoms with Crippen LogP contribution in [-0.4, -0.2) is 56.0 Å². The number of benzene rings is 1. The first-order valence-corrected chi connectivity index (χ1v) is 10.9. The molecule has 0 saturated carbocycles. The van der Waals surface area contributed by atoms with Crippen LogP contribution in [0.15, 0.2) is 24.3 Å². The highest BCUT2D eigenvalue weighted by atomic mass is 32.2. The summed E-state index contributed by atoms with van der Waals surface area (Å²) in [5.74, 6) is 0.785. The molecule has 3 atom stereocenters. The Morgan fingerprint density at radius 2 is 1.69 bits per heavy atom. The molecule has 0 aromatic heterocycles. The second-order valence-electron chi connectivity index (χ2n) is 7.33. The summed E-state index contributed by atoms with van der Waals surface area (Å²) < 4.78 is 41.2. The Bertz CT molecular complexity index is 682. The molecule has 1 aromatic rings. The molecule has 6 nitrogen and oxygen atoms in total. The highest BCUT2D eigenvalue weighted by molar-refractivity contribution is 7.86. The Kier molecular flexibility index (Phi) is 6.22. The van der Waals surface area contributed by atoms with E-state index in [1.807, 2.05) is 38.1 Å². The van der Waals surface area contributed by atoms with Gasteiger partial charge in [0, 0.05) is 19.6 Å². The first-order valence-electron chi connectivity index (χ1n) is 9.48. The molecule has 0 unspecified atom stereocenters. The van der Waals surface area contributed by atoms with Crippen molar-refractivity contribution in [2.75, 3.05) is 26.7 Å². The summed E-state index contributed by atoms with van der Waals surface area (Å²) in [6.07, 6.45) is 3.69. The smallest absolute Gasteiger partial charge is 0.282 e. The molecule has 2 saturated heterocycles. The first-order chi connectivity index (χ1) is 12.4. The molecule has 0 radical (unpaired) electrons. The van der Waals surface area contributed by atoms with Gasteiger partial charge in [0.05, 0.1) is 25.4 Å². The number of ether oxygens (including phenoxy) is 2. The lowest BCUT2D eigenvalue weighted by Gasteiger charge is -2.39. The fraction of sp³-hybridized carbons (Fsp3) is 0.684. The van der Waals surface area contributed by atoms with Gasteiger partial charge in [0.1, 0.15) is 5.75 Å².